The Morgan fingerprint density at radius 2 is 2.11 bits per heavy atom. The molecule has 106 valence electrons. The highest BCUT2D eigenvalue weighted by molar-refractivity contribution is 9.10. The van der Waals surface area contributed by atoms with Crippen LogP contribution in [-0.2, 0) is 4.79 Å². The van der Waals surface area contributed by atoms with Gasteiger partial charge >= 0.3 is 0 Å². The number of nitrogens with one attached hydrogen (secondary N) is 1. The molecule has 1 aromatic rings. The van der Waals surface area contributed by atoms with E-state index in [4.69, 9.17) is 4.42 Å². The fraction of sp³-hybridized carbons (Fsp3) is 0.538. The standard InChI is InChI=1S/C13H19BrN2O3/c1-3-5-8-16(4-2)12(17)9-15-13(18)10-6-7-11(14)19-10/h6-7H,3-5,8-9H2,1-2H3,(H,15,18). The lowest BCUT2D eigenvalue weighted by molar-refractivity contribution is -0.130. The van der Waals surface area contributed by atoms with E-state index in [1.807, 2.05) is 6.92 Å². The van der Waals surface area contributed by atoms with E-state index in [1.165, 1.54) is 0 Å². The summed E-state index contributed by atoms with van der Waals surface area (Å²) in [6.07, 6.45) is 2.01. The minimum Gasteiger partial charge on any atom is -0.444 e. The number of hydrogen-bond acceptors (Lipinski definition) is 3. The molecule has 19 heavy (non-hydrogen) atoms. The third kappa shape index (κ3) is 5.06. The molecule has 0 spiro atoms. The van der Waals surface area contributed by atoms with Crippen molar-refractivity contribution in [3.8, 4) is 0 Å². The van der Waals surface area contributed by atoms with Gasteiger partial charge in [0.05, 0.1) is 6.54 Å². The molecule has 2 amide bonds. The second-order valence-corrected chi connectivity index (χ2v) is 4.89. The Hall–Kier alpha value is -1.30. The maximum absolute atomic E-state index is 11.9. The quantitative estimate of drug-likeness (QED) is 0.835. The van der Waals surface area contributed by atoms with Crippen LogP contribution in [-0.4, -0.2) is 36.3 Å². The predicted molar refractivity (Wildman–Crippen MR) is 75.9 cm³/mol. The van der Waals surface area contributed by atoms with Crippen LogP contribution in [0.5, 0.6) is 0 Å². The van der Waals surface area contributed by atoms with E-state index in [2.05, 4.69) is 28.2 Å². The molecule has 0 atom stereocenters. The van der Waals surface area contributed by atoms with E-state index < -0.39 is 0 Å². The number of furan rings is 1. The molecule has 1 N–H and O–H groups in total. The van der Waals surface area contributed by atoms with Crippen molar-refractivity contribution in [1.29, 1.82) is 0 Å². The summed E-state index contributed by atoms with van der Waals surface area (Å²) in [5.74, 6) is -0.267. The van der Waals surface area contributed by atoms with Gasteiger partial charge in [0.25, 0.3) is 5.91 Å². The van der Waals surface area contributed by atoms with Crippen LogP contribution in [0.2, 0.25) is 0 Å². The summed E-state index contributed by atoms with van der Waals surface area (Å²) in [7, 11) is 0. The summed E-state index contributed by atoms with van der Waals surface area (Å²) in [5.41, 5.74) is 0. The smallest absolute Gasteiger partial charge is 0.287 e. The Bertz CT molecular complexity index is 431. The Labute approximate surface area is 121 Å². The first-order chi connectivity index (χ1) is 9.08. The highest BCUT2D eigenvalue weighted by Crippen LogP contribution is 2.13. The monoisotopic (exact) mass is 330 g/mol. The summed E-state index contributed by atoms with van der Waals surface area (Å²) < 4.78 is 5.60. The number of likely N-dealkylation sites (N-methyl/N-ethyl adjacent to an activating group) is 1. The maximum Gasteiger partial charge on any atom is 0.287 e. The van der Waals surface area contributed by atoms with Crippen molar-refractivity contribution in [2.75, 3.05) is 19.6 Å². The van der Waals surface area contributed by atoms with E-state index in [0.29, 0.717) is 11.2 Å². The van der Waals surface area contributed by atoms with Gasteiger partial charge in [0.1, 0.15) is 0 Å². The van der Waals surface area contributed by atoms with Gasteiger partial charge < -0.3 is 14.6 Å². The van der Waals surface area contributed by atoms with Crippen molar-refractivity contribution in [3.63, 3.8) is 0 Å². The summed E-state index contributed by atoms with van der Waals surface area (Å²) >= 11 is 3.12. The first-order valence-electron chi connectivity index (χ1n) is 6.39. The molecule has 0 saturated carbocycles. The number of unbranched alkanes of at least 4 members (excludes halogenated alkanes) is 1. The SMILES string of the molecule is CCCCN(CC)C(=O)CNC(=O)c1ccc(Br)o1. The van der Waals surface area contributed by atoms with Crippen LogP contribution in [0.1, 0.15) is 37.2 Å². The number of amides is 2. The number of hydrogen-bond donors (Lipinski definition) is 1. The summed E-state index contributed by atoms with van der Waals surface area (Å²) in [6.45, 7) is 5.39. The molecule has 0 aliphatic heterocycles. The average molecular weight is 331 g/mol. The molecule has 6 heteroatoms. The first-order valence-corrected chi connectivity index (χ1v) is 7.19. The van der Waals surface area contributed by atoms with Crippen molar-refractivity contribution in [1.82, 2.24) is 10.2 Å². The lowest BCUT2D eigenvalue weighted by Crippen LogP contribution is -2.40. The third-order valence-electron chi connectivity index (χ3n) is 2.71. The van der Waals surface area contributed by atoms with Crippen LogP contribution in [0.25, 0.3) is 0 Å². The van der Waals surface area contributed by atoms with E-state index in [9.17, 15) is 9.59 Å². The Kier molecular flexibility index (Phi) is 6.62. The molecule has 0 aliphatic carbocycles. The van der Waals surface area contributed by atoms with Crippen LogP contribution in [0.3, 0.4) is 0 Å². The highest BCUT2D eigenvalue weighted by atomic mass is 79.9. The lowest BCUT2D eigenvalue weighted by atomic mass is 10.3. The minimum absolute atomic E-state index is 0.00525. The molecule has 0 bridgehead atoms. The molecular weight excluding hydrogens is 312 g/mol. The normalized spacial score (nSPS) is 10.3. The molecule has 5 nitrogen and oxygen atoms in total. The van der Waals surface area contributed by atoms with E-state index in [1.54, 1.807) is 17.0 Å². The minimum atomic E-state index is -0.384. The van der Waals surface area contributed by atoms with E-state index in [0.717, 1.165) is 19.4 Å². The molecular formula is C13H19BrN2O3. The van der Waals surface area contributed by atoms with Crippen LogP contribution in [0.15, 0.2) is 21.2 Å². The van der Waals surface area contributed by atoms with Crippen molar-refractivity contribution in [3.05, 3.63) is 22.6 Å². The maximum atomic E-state index is 11.9. The molecule has 0 saturated heterocycles. The second kappa shape index (κ2) is 7.99. The zero-order valence-corrected chi connectivity index (χ0v) is 12.8. The molecule has 0 radical (unpaired) electrons. The third-order valence-corrected chi connectivity index (χ3v) is 3.14. The van der Waals surface area contributed by atoms with Crippen LogP contribution in [0, 0.1) is 0 Å². The molecule has 1 heterocycles. The number of nitrogens with zero attached hydrogens (tertiary/aromatic N) is 1. The van der Waals surface area contributed by atoms with Crippen molar-refractivity contribution in [2.45, 2.75) is 26.7 Å². The van der Waals surface area contributed by atoms with E-state index in [-0.39, 0.29) is 24.1 Å². The molecule has 1 rings (SSSR count). The van der Waals surface area contributed by atoms with Gasteiger partial charge in [0.15, 0.2) is 10.4 Å². The van der Waals surface area contributed by atoms with Gasteiger partial charge in [0, 0.05) is 13.1 Å². The van der Waals surface area contributed by atoms with Gasteiger partial charge in [-0.25, -0.2) is 0 Å². The predicted octanol–water partition coefficient (Wildman–Crippen LogP) is 2.42. The second-order valence-electron chi connectivity index (χ2n) is 4.11. The van der Waals surface area contributed by atoms with Gasteiger partial charge in [0.2, 0.25) is 5.91 Å². The number of carbonyl (C=O) groups excluding carboxylic acids is 2. The van der Waals surface area contributed by atoms with Crippen molar-refractivity contribution >= 4 is 27.7 Å². The molecule has 0 fully saturated rings. The highest BCUT2D eigenvalue weighted by Gasteiger charge is 2.15. The molecule has 0 aliphatic rings. The van der Waals surface area contributed by atoms with Crippen LogP contribution >= 0.6 is 15.9 Å². The van der Waals surface area contributed by atoms with Crippen molar-refractivity contribution in [2.24, 2.45) is 0 Å². The first kappa shape index (κ1) is 15.8. The molecule has 0 aromatic carbocycles. The van der Waals surface area contributed by atoms with Gasteiger partial charge in [-0.2, -0.15) is 0 Å². The fourth-order valence-corrected chi connectivity index (χ4v) is 1.91. The van der Waals surface area contributed by atoms with Gasteiger partial charge in [-0.15, -0.1) is 0 Å². The Morgan fingerprint density at radius 3 is 2.63 bits per heavy atom. The van der Waals surface area contributed by atoms with Crippen molar-refractivity contribution < 1.29 is 14.0 Å². The zero-order chi connectivity index (χ0) is 14.3. The largest absolute Gasteiger partial charge is 0.444 e. The van der Waals surface area contributed by atoms with Gasteiger partial charge in [-0.05, 0) is 41.4 Å². The van der Waals surface area contributed by atoms with Gasteiger partial charge in [-0.3, -0.25) is 9.59 Å². The summed E-state index contributed by atoms with van der Waals surface area (Å²) in [6, 6.07) is 3.19. The fourth-order valence-electron chi connectivity index (χ4n) is 1.60. The average Bonchev–Trinajstić information content (AvgIpc) is 2.83. The van der Waals surface area contributed by atoms with Crippen LogP contribution in [0.4, 0.5) is 0 Å². The number of rotatable bonds is 7. The number of carbonyl (C=O) groups is 2. The van der Waals surface area contributed by atoms with Crippen LogP contribution < -0.4 is 5.32 Å². The Balaban J connectivity index is 2.42. The Morgan fingerprint density at radius 1 is 1.37 bits per heavy atom. The molecule has 1 aromatic heterocycles. The number of halogens is 1. The van der Waals surface area contributed by atoms with E-state index >= 15 is 0 Å². The van der Waals surface area contributed by atoms with Gasteiger partial charge in [-0.1, -0.05) is 13.3 Å². The lowest BCUT2D eigenvalue weighted by Gasteiger charge is -2.20. The molecule has 0 unspecified atom stereocenters. The summed E-state index contributed by atoms with van der Waals surface area (Å²) in [5, 5.41) is 2.56. The topological polar surface area (TPSA) is 62.6 Å². The zero-order valence-electron chi connectivity index (χ0n) is 11.2. The summed E-state index contributed by atoms with van der Waals surface area (Å²) in [4.78, 5) is 25.3.